The maximum atomic E-state index is 10.7. The first-order valence-electron chi connectivity index (χ1n) is 6.22. The molecule has 1 aliphatic rings. The molecule has 2 heterocycles. The van der Waals surface area contributed by atoms with Crippen LogP contribution in [0.2, 0.25) is 0 Å². The van der Waals surface area contributed by atoms with Gasteiger partial charge in [0, 0.05) is 25.8 Å². The van der Waals surface area contributed by atoms with Crippen molar-refractivity contribution in [2.24, 2.45) is 0 Å². The van der Waals surface area contributed by atoms with Gasteiger partial charge in [0.15, 0.2) is 11.5 Å². The van der Waals surface area contributed by atoms with Gasteiger partial charge >= 0.3 is 5.97 Å². The maximum Gasteiger partial charge on any atom is 0.358 e. The van der Waals surface area contributed by atoms with Crippen LogP contribution in [0.5, 0.6) is 0 Å². The van der Waals surface area contributed by atoms with Crippen molar-refractivity contribution < 1.29 is 19.2 Å². The van der Waals surface area contributed by atoms with Crippen LogP contribution in [-0.2, 0) is 11.3 Å². The number of rotatable bonds is 5. The summed E-state index contributed by atoms with van der Waals surface area (Å²) in [6.45, 7) is 5.25. The third kappa shape index (κ3) is 3.30. The Morgan fingerprint density at radius 3 is 2.89 bits per heavy atom. The fourth-order valence-electron chi connectivity index (χ4n) is 2.18. The number of carboxylic acids is 1. The number of piperidine rings is 1. The first-order valence-corrected chi connectivity index (χ1v) is 6.22. The Bertz CT molecular complexity index is 397. The Morgan fingerprint density at radius 1 is 1.61 bits per heavy atom. The standard InChI is InChI=1S/C12H18N2O4/c1-2-17-9-3-5-14(6-4-9)8-10-7-11(12(15)16)13-18-10/h7,9H,2-6,8H2,1H3,(H,15,16). The van der Waals surface area contributed by atoms with Crippen LogP contribution < -0.4 is 0 Å². The Labute approximate surface area is 106 Å². The van der Waals surface area contributed by atoms with Gasteiger partial charge in [0.2, 0.25) is 0 Å². The SMILES string of the molecule is CCOC1CCN(Cc2cc(C(=O)O)no2)CC1. The number of aromatic nitrogens is 1. The van der Waals surface area contributed by atoms with Gasteiger partial charge in [-0.25, -0.2) is 4.79 Å². The van der Waals surface area contributed by atoms with Gasteiger partial charge in [-0.05, 0) is 19.8 Å². The molecule has 0 radical (unpaired) electrons. The van der Waals surface area contributed by atoms with Crippen LogP contribution in [0.15, 0.2) is 10.6 Å². The van der Waals surface area contributed by atoms with Crippen molar-refractivity contribution in [1.29, 1.82) is 0 Å². The third-order valence-electron chi connectivity index (χ3n) is 3.09. The van der Waals surface area contributed by atoms with Crippen LogP contribution in [0.4, 0.5) is 0 Å². The highest BCUT2D eigenvalue weighted by molar-refractivity contribution is 5.85. The Hall–Kier alpha value is -1.40. The zero-order chi connectivity index (χ0) is 13.0. The van der Waals surface area contributed by atoms with Gasteiger partial charge in [-0.1, -0.05) is 5.16 Å². The van der Waals surface area contributed by atoms with Crippen molar-refractivity contribution in [3.8, 4) is 0 Å². The second-order valence-corrected chi connectivity index (χ2v) is 4.41. The molecule has 1 aromatic rings. The molecule has 1 fully saturated rings. The highest BCUT2D eigenvalue weighted by Crippen LogP contribution is 2.16. The predicted octanol–water partition coefficient (Wildman–Crippen LogP) is 1.37. The van der Waals surface area contributed by atoms with Crippen LogP contribution >= 0.6 is 0 Å². The molecule has 0 saturated carbocycles. The van der Waals surface area contributed by atoms with E-state index in [1.54, 1.807) is 0 Å². The molecule has 1 N–H and O–H groups in total. The van der Waals surface area contributed by atoms with Gasteiger partial charge in [-0.15, -0.1) is 0 Å². The van der Waals surface area contributed by atoms with E-state index in [0.717, 1.165) is 32.5 Å². The molecule has 0 spiro atoms. The minimum Gasteiger partial charge on any atom is -0.476 e. The number of aromatic carboxylic acids is 1. The molecule has 100 valence electrons. The minimum atomic E-state index is -1.06. The molecular weight excluding hydrogens is 236 g/mol. The van der Waals surface area contributed by atoms with E-state index in [1.807, 2.05) is 6.92 Å². The highest BCUT2D eigenvalue weighted by Gasteiger charge is 2.21. The summed E-state index contributed by atoms with van der Waals surface area (Å²) in [7, 11) is 0. The first-order chi connectivity index (χ1) is 8.69. The second-order valence-electron chi connectivity index (χ2n) is 4.41. The molecule has 6 nitrogen and oxygen atoms in total. The van der Waals surface area contributed by atoms with Gasteiger partial charge in [-0.3, -0.25) is 4.90 Å². The van der Waals surface area contributed by atoms with Crippen molar-refractivity contribution in [2.45, 2.75) is 32.4 Å². The van der Waals surface area contributed by atoms with E-state index in [4.69, 9.17) is 14.4 Å². The van der Waals surface area contributed by atoms with Crippen molar-refractivity contribution in [1.82, 2.24) is 10.1 Å². The van der Waals surface area contributed by atoms with Crippen LogP contribution in [0.1, 0.15) is 36.0 Å². The molecule has 0 atom stereocenters. The molecular formula is C12H18N2O4. The lowest BCUT2D eigenvalue weighted by molar-refractivity contribution is 0.0108. The Balaban J connectivity index is 1.82. The molecule has 0 unspecified atom stereocenters. The topological polar surface area (TPSA) is 75.8 Å². The van der Waals surface area contributed by atoms with Crippen molar-refractivity contribution in [3.05, 3.63) is 17.5 Å². The number of carbonyl (C=O) groups is 1. The lowest BCUT2D eigenvalue weighted by Gasteiger charge is -2.30. The minimum absolute atomic E-state index is 0.0331. The van der Waals surface area contributed by atoms with Crippen LogP contribution in [-0.4, -0.2) is 46.9 Å². The molecule has 1 aliphatic heterocycles. The van der Waals surface area contributed by atoms with Gasteiger partial charge < -0.3 is 14.4 Å². The zero-order valence-corrected chi connectivity index (χ0v) is 10.5. The highest BCUT2D eigenvalue weighted by atomic mass is 16.5. The largest absolute Gasteiger partial charge is 0.476 e. The molecule has 0 aromatic carbocycles. The van der Waals surface area contributed by atoms with Crippen LogP contribution in [0, 0.1) is 0 Å². The van der Waals surface area contributed by atoms with E-state index >= 15 is 0 Å². The number of hydrogen-bond donors (Lipinski definition) is 1. The first kappa shape index (κ1) is 13.0. The zero-order valence-electron chi connectivity index (χ0n) is 10.5. The fourth-order valence-corrected chi connectivity index (χ4v) is 2.18. The average molecular weight is 254 g/mol. The van der Waals surface area contributed by atoms with E-state index in [0.29, 0.717) is 18.4 Å². The molecule has 6 heteroatoms. The monoisotopic (exact) mass is 254 g/mol. The number of nitrogens with zero attached hydrogens (tertiary/aromatic N) is 2. The molecule has 1 aromatic heterocycles. The summed E-state index contributed by atoms with van der Waals surface area (Å²) in [5.41, 5.74) is -0.0331. The number of carboxylic acid groups (broad SMARTS) is 1. The predicted molar refractivity (Wildman–Crippen MR) is 63.4 cm³/mol. The lowest BCUT2D eigenvalue weighted by Crippen LogP contribution is -2.36. The summed E-state index contributed by atoms with van der Waals surface area (Å²) in [5, 5.41) is 12.2. The number of hydrogen-bond acceptors (Lipinski definition) is 5. The molecule has 1 saturated heterocycles. The van der Waals surface area contributed by atoms with E-state index in [9.17, 15) is 4.79 Å². The molecule has 0 amide bonds. The number of ether oxygens (including phenoxy) is 1. The second kappa shape index (κ2) is 5.97. The summed E-state index contributed by atoms with van der Waals surface area (Å²) < 4.78 is 10.6. The van der Waals surface area contributed by atoms with Gasteiger partial charge in [-0.2, -0.15) is 0 Å². The van der Waals surface area contributed by atoms with E-state index in [1.165, 1.54) is 6.07 Å². The quantitative estimate of drug-likeness (QED) is 0.855. The number of likely N-dealkylation sites (tertiary alicyclic amines) is 1. The maximum absolute atomic E-state index is 10.7. The van der Waals surface area contributed by atoms with Crippen molar-refractivity contribution >= 4 is 5.97 Å². The normalized spacial score (nSPS) is 18.1. The van der Waals surface area contributed by atoms with Crippen molar-refractivity contribution in [3.63, 3.8) is 0 Å². The van der Waals surface area contributed by atoms with Gasteiger partial charge in [0.1, 0.15) is 0 Å². The summed E-state index contributed by atoms with van der Waals surface area (Å²) in [6.07, 6.45) is 2.37. The Kier molecular flexibility index (Phi) is 4.33. The fraction of sp³-hybridized carbons (Fsp3) is 0.667. The lowest BCUT2D eigenvalue weighted by atomic mass is 10.1. The van der Waals surface area contributed by atoms with E-state index < -0.39 is 5.97 Å². The van der Waals surface area contributed by atoms with Gasteiger partial charge in [0.25, 0.3) is 0 Å². The molecule has 2 rings (SSSR count). The van der Waals surface area contributed by atoms with Gasteiger partial charge in [0.05, 0.1) is 12.6 Å². The summed E-state index contributed by atoms with van der Waals surface area (Å²) in [4.78, 5) is 12.9. The molecule has 0 bridgehead atoms. The molecule has 18 heavy (non-hydrogen) atoms. The smallest absolute Gasteiger partial charge is 0.358 e. The summed E-state index contributed by atoms with van der Waals surface area (Å²) >= 11 is 0. The van der Waals surface area contributed by atoms with Crippen LogP contribution in [0.25, 0.3) is 0 Å². The third-order valence-corrected chi connectivity index (χ3v) is 3.09. The van der Waals surface area contributed by atoms with E-state index in [2.05, 4.69) is 10.1 Å². The summed E-state index contributed by atoms with van der Waals surface area (Å²) in [5.74, 6) is -0.456. The average Bonchev–Trinajstić information content (AvgIpc) is 2.81. The van der Waals surface area contributed by atoms with Crippen LogP contribution in [0.3, 0.4) is 0 Å². The Morgan fingerprint density at radius 2 is 2.33 bits per heavy atom. The molecule has 0 aliphatic carbocycles. The van der Waals surface area contributed by atoms with Crippen molar-refractivity contribution in [2.75, 3.05) is 19.7 Å². The van der Waals surface area contributed by atoms with E-state index in [-0.39, 0.29) is 5.69 Å². The summed E-state index contributed by atoms with van der Waals surface area (Å²) in [6, 6.07) is 1.48.